The molecule has 1 amide bonds. The molecule has 3 aliphatic heterocycles. The molecule has 4 aromatic carbocycles. The number of nitrogens with one attached hydrogen (secondary N) is 1. The van der Waals surface area contributed by atoms with Crippen LogP contribution in [0.1, 0.15) is 29.2 Å². The van der Waals surface area contributed by atoms with Gasteiger partial charge in [-0.3, -0.25) is 4.79 Å². The van der Waals surface area contributed by atoms with Crippen molar-refractivity contribution in [2.75, 3.05) is 33.5 Å². The minimum Gasteiger partial charge on any atom is -0.376 e. The highest BCUT2D eigenvalue weighted by Crippen LogP contribution is 2.36. The maximum atomic E-state index is 12.7. The van der Waals surface area contributed by atoms with Crippen LogP contribution in [-0.2, 0) is 78.6 Å². The number of carbonyl (C=O) groups is 1. The van der Waals surface area contributed by atoms with Crippen LogP contribution in [0.3, 0.4) is 0 Å². The summed E-state index contributed by atoms with van der Waals surface area (Å²) in [6.45, 7) is 3.48. The molecule has 3 aliphatic rings. The zero-order valence-electron chi connectivity index (χ0n) is 32.5. The van der Waals surface area contributed by atoms with Crippen LogP contribution < -0.4 is 5.32 Å². The van der Waals surface area contributed by atoms with Gasteiger partial charge in [-0.25, -0.2) is 0 Å². The Morgan fingerprint density at radius 3 is 1.70 bits per heavy atom. The van der Waals surface area contributed by atoms with Crippen LogP contribution in [0, 0.1) is 0 Å². The standard InChI is InChI=1S/C45H53NO11/c1-31(47)46-38-41(53-27-34-19-11-5-12-20-34)40-37(55-44(38)48-2)29-49-23-24-51-43-42(54-28-35-21-13-6-14-22-35)39(52-26-33-17-9-4-10-18-33)36(56-45(43)57-40)30-50-25-32-15-7-3-8-16-32/h3-22,36-45H,23-30H2,1-2H3,(H,46,47)/t36-,37-,38-,39+,40-,41-,42+,43-,44-,45+/m1/s1. The lowest BCUT2D eigenvalue weighted by atomic mass is 9.94. The molecule has 0 unspecified atom stereocenters. The Hall–Kier alpha value is -4.05. The van der Waals surface area contributed by atoms with Crippen molar-refractivity contribution in [3.63, 3.8) is 0 Å². The van der Waals surface area contributed by atoms with Crippen molar-refractivity contribution >= 4 is 5.91 Å². The number of carbonyl (C=O) groups excluding carboxylic acids is 1. The Labute approximate surface area is 334 Å². The highest BCUT2D eigenvalue weighted by Gasteiger charge is 2.54. The summed E-state index contributed by atoms with van der Waals surface area (Å²) in [6.07, 6.45) is -6.81. The molecular formula is C45H53NO11. The minimum absolute atomic E-state index is 0.156. The fourth-order valence-electron chi connectivity index (χ4n) is 7.44. The number of fused-ring (bicyclic) bond motifs is 2. The molecule has 0 bridgehead atoms. The third-order valence-electron chi connectivity index (χ3n) is 10.2. The first-order valence-electron chi connectivity index (χ1n) is 19.6. The highest BCUT2D eigenvalue weighted by atomic mass is 16.8. The quantitative estimate of drug-likeness (QED) is 0.168. The number of benzene rings is 4. The van der Waals surface area contributed by atoms with Gasteiger partial charge in [0, 0.05) is 14.0 Å². The molecular weight excluding hydrogens is 730 g/mol. The molecule has 0 aliphatic carbocycles. The normalized spacial score (nSPS) is 29.1. The monoisotopic (exact) mass is 783 g/mol. The summed E-state index contributed by atoms with van der Waals surface area (Å²) < 4.78 is 65.6. The minimum atomic E-state index is -0.998. The molecule has 0 saturated carbocycles. The number of hydrogen-bond acceptors (Lipinski definition) is 11. The van der Waals surface area contributed by atoms with E-state index in [1.807, 2.05) is 121 Å². The van der Waals surface area contributed by atoms with E-state index in [2.05, 4.69) is 5.32 Å². The van der Waals surface area contributed by atoms with Crippen molar-refractivity contribution in [3.8, 4) is 0 Å². The second kappa shape index (κ2) is 21.1. The summed E-state index contributed by atoms with van der Waals surface area (Å²) in [6, 6.07) is 39.0. The van der Waals surface area contributed by atoms with E-state index < -0.39 is 61.3 Å². The number of hydrogen-bond donors (Lipinski definition) is 1. The van der Waals surface area contributed by atoms with Crippen molar-refractivity contribution in [1.29, 1.82) is 0 Å². The van der Waals surface area contributed by atoms with Gasteiger partial charge in [-0.2, -0.15) is 0 Å². The summed E-state index contributed by atoms with van der Waals surface area (Å²) in [5, 5.41) is 3.01. The first-order valence-corrected chi connectivity index (χ1v) is 19.6. The molecule has 3 fully saturated rings. The van der Waals surface area contributed by atoms with Crippen molar-refractivity contribution in [3.05, 3.63) is 144 Å². The summed E-state index contributed by atoms with van der Waals surface area (Å²) in [5.74, 6) is -0.271. The third-order valence-corrected chi connectivity index (χ3v) is 10.2. The van der Waals surface area contributed by atoms with Crippen LogP contribution in [0.25, 0.3) is 0 Å². The van der Waals surface area contributed by atoms with E-state index in [-0.39, 0.29) is 45.5 Å². The SMILES string of the molecule is CO[C@@H]1O[C@@H]2COCCO[C@H]3[C@H](O[C@H]2[C@H](OCc2ccccc2)[C@H]1NC(C)=O)O[C@H](COCc1ccccc1)[C@H](OCc1ccccc1)[C@@H]3OCc1ccccc1. The first-order chi connectivity index (χ1) is 28.1. The predicted molar refractivity (Wildman–Crippen MR) is 209 cm³/mol. The molecule has 3 saturated heterocycles. The lowest BCUT2D eigenvalue weighted by Crippen LogP contribution is -2.69. The van der Waals surface area contributed by atoms with Gasteiger partial charge < -0.3 is 52.7 Å². The summed E-state index contributed by atoms with van der Waals surface area (Å²) >= 11 is 0. The maximum absolute atomic E-state index is 12.7. The molecule has 0 spiro atoms. The van der Waals surface area contributed by atoms with Crippen molar-refractivity contribution in [2.45, 2.75) is 94.7 Å². The van der Waals surface area contributed by atoms with Gasteiger partial charge in [-0.05, 0) is 22.3 Å². The molecule has 4 aromatic rings. The van der Waals surface area contributed by atoms with Crippen molar-refractivity contribution in [1.82, 2.24) is 5.32 Å². The molecule has 304 valence electrons. The topological polar surface area (TPSA) is 121 Å². The summed E-state index contributed by atoms with van der Waals surface area (Å²) in [7, 11) is 1.54. The van der Waals surface area contributed by atoms with E-state index >= 15 is 0 Å². The second-order valence-electron chi connectivity index (χ2n) is 14.3. The largest absolute Gasteiger partial charge is 0.376 e. The predicted octanol–water partition coefficient (Wildman–Crippen LogP) is 5.36. The Morgan fingerprint density at radius 2 is 1.16 bits per heavy atom. The Morgan fingerprint density at radius 1 is 0.632 bits per heavy atom. The average Bonchev–Trinajstić information content (AvgIpc) is 3.24. The van der Waals surface area contributed by atoms with Crippen LogP contribution in [-0.4, -0.2) is 101 Å². The second-order valence-corrected chi connectivity index (χ2v) is 14.3. The average molecular weight is 784 g/mol. The number of methoxy groups -OCH3 is 1. The fraction of sp³-hybridized carbons (Fsp3) is 0.444. The van der Waals surface area contributed by atoms with Crippen LogP contribution in [0.15, 0.2) is 121 Å². The van der Waals surface area contributed by atoms with Crippen LogP contribution in [0.4, 0.5) is 0 Å². The van der Waals surface area contributed by atoms with Gasteiger partial charge >= 0.3 is 0 Å². The van der Waals surface area contributed by atoms with Gasteiger partial charge in [0.1, 0.15) is 48.8 Å². The molecule has 0 aromatic heterocycles. The zero-order chi connectivity index (χ0) is 39.2. The van der Waals surface area contributed by atoms with Crippen LogP contribution in [0.2, 0.25) is 0 Å². The number of rotatable bonds is 15. The molecule has 57 heavy (non-hydrogen) atoms. The molecule has 12 heteroatoms. The van der Waals surface area contributed by atoms with Gasteiger partial charge in [0.25, 0.3) is 0 Å². The lowest BCUT2D eigenvalue weighted by molar-refractivity contribution is -0.367. The van der Waals surface area contributed by atoms with E-state index in [9.17, 15) is 4.79 Å². The van der Waals surface area contributed by atoms with Gasteiger partial charge in [0.05, 0.1) is 52.9 Å². The Kier molecular flexibility index (Phi) is 15.2. The maximum Gasteiger partial charge on any atom is 0.217 e. The molecule has 7 rings (SSSR count). The van der Waals surface area contributed by atoms with E-state index in [0.29, 0.717) is 13.2 Å². The fourth-order valence-corrected chi connectivity index (χ4v) is 7.44. The summed E-state index contributed by atoms with van der Waals surface area (Å²) in [5.41, 5.74) is 3.97. The van der Waals surface area contributed by atoms with E-state index in [4.69, 9.17) is 47.4 Å². The molecule has 10 atom stereocenters. The lowest BCUT2D eigenvalue weighted by Gasteiger charge is -2.50. The number of amides is 1. The Bertz CT molecular complexity index is 1750. The highest BCUT2D eigenvalue weighted by molar-refractivity contribution is 5.73. The molecule has 1 N–H and O–H groups in total. The smallest absolute Gasteiger partial charge is 0.217 e. The van der Waals surface area contributed by atoms with Gasteiger partial charge in [-0.15, -0.1) is 0 Å². The third kappa shape index (κ3) is 11.3. The van der Waals surface area contributed by atoms with Gasteiger partial charge in [-0.1, -0.05) is 121 Å². The van der Waals surface area contributed by atoms with Crippen LogP contribution >= 0.6 is 0 Å². The van der Waals surface area contributed by atoms with E-state index in [0.717, 1.165) is 22.3 Å². The van der Waals surface area contributed by atoms with Crippen LogP contribution in [0.5, 0.6) is 0 Å². The van der Waals surface area contributed by atoms with Gasteiger partial charge in [0.15, 0.2) is 12.6 Å². The summed E-state index contributed by atoms with van der Waals surface area (Å²) in [4.78, 5) is 12.7. The van der Waals surface area contributed by atoms with Crippen molar-refractivity contribution < 1.29 is 52.2 Å². The molecule has 3 heterocycles. The van der Waals surface area contributed by atoms with E-state index in [1.165, 1.54) is 14.0 Å². The Balaban J connectivity index is 1.23. The number of ether oxygens (including phenoxy) is 10. The molecule has 12 nitrogen and oxygen atoms in total. The van der Waals surface area contributed by atoms with E-state index in [1.54, 1.807) is 0 Å². The zero-order valence-corrected chi connectivity index (χ0v) is 32.5. The first kappa shape index (κ1) is 41.1. The van der Waals surface area contributed by atoms with Crippen molar-refractivity contribution in [2.24, 2.45) is 0 Å². The van der Waals surface area contributed by atoms with Gasteiger partial charge in [0.2, 0.25) is 5.91 Å². The molecule has 0 radical (unpaired) electrons.